The summed E-state index contributed by atoms with van der Waals surface area (Å²) < 4.78 is 2.12. The quantitative estimate of drug-likeness (QED) is 0.608. The Hall–Kier alpha value is 0.0700. The van der Waals surface area contributed by atoms with Crippen LogP contribution in [-0.2, 0) is 12.4 Å². The Labute approximate surface area is 106 Å². The van der Waals surface area contributed by atoms with Crippen LogP contribution in [0.5, 0.6) is 0 Å². The highest BCUT2D eigenvalue weighted by molar-refractivity contribution is 7.99. The maximum absolute atomic E-state index is 5.80. The lowest BCUT2D eigenvalue weighted by Gasteiger charge is -2.10. The van der Waals surface area contributed by atoms with E-state index in [0.29, 0.717) is 11.8 Å². The van der Waals surface area contributed by atoms with Gasteiger partial charge in [0.05, 0.1) is 5.88 Å². The summed E-state index contributed by atoms with van der Waals surface area (Å²) in [4.78, 5) is 0. The van der Waals surface area contributed by atoms with E-state index < -0.39 is 0 Å². The van der Waals surface area contributed by atoms with Gasteiger partial charge in [-0.3, -0.25) is 0 Å². The van der Waals surface area contributed by atoms with Crippen LogP contribution >= 0.6 is 35.8 Å². The molecule has 1 aromatic rings. The van der Waals surface area contributed by atoms with Crippen molar-refractivity contribution in [3.8, 4) is 0 Å². The van der Waals surface area contributed by atoms with Gasteiger partial charge in [0.15, 0.2) is 5.16 Å². The number of rotatable bonds is 5. The van der Waals surface area contributed by atoms with E-state index in [-0.39, 0.29) is 12.4 Å². The van der Waals surface area contributed by atoms with E-state index in [4.69, 9.17) is 11.6 Å². The molecule has 0 radical (unpaired) electrons. The molecule has 0 N–H and O–H groups in total. The van der Waals surface area contributed by atoms with E-state index in [1.807, 2.05) is 0 Å². The van der Waals surface area contributed by atoms with E-state index >= 15 is 0 Å². The molecule has 1 heterocycles. The SMILES string of the molecule is CCSc1nnc(CCl)n1CC(C)C.Cl. The van der Waals surface area contributed by atoms with Crippen LogP contribution in [0.3, 0.4) is 0 Å². The molecule has 0 spiro atoms. The standard InChI is InChI=1S/C9H16ClN3S.ClH/c1-4-14-9-12-11-8(5-10)13(9)6-7(2)3;/h7H,4-6H2,1-3H3;1H. The van der Waals surface area contributed by atoms with Gasteiger partial charge in [-0.15, -0.1) is 34.2 Å². The summed E-state index contributed by atoms with van der Waals surface area (Å²) in [5.74, 6) is 2.91. The van der Waals surface area contributed by atoms with Gasteiger partial charge in [0.1, 0.15) is 5.82 Å². The molecule has 0 aliphatic carbocycles. The fraction of sp³-hybridized carbons (Fsp3) is 0.778. The zero-order valence-electron chi connectivity index (χ0n) is 9.23. The van der Waals surface area contributed by atoms with Crippen molar-refractivity contribution < 1.29 is 0 Å². The molecule has 1 rings (SSSR count). The van der Waals surface area contributed by atoms with Crippen LogP contribution in [0.25, 0.3) is 0 Å². The van der Waals surface area contributed by atoms with Gasteiger partial charge in [-0.2, -0.15) is 0 Å². The first-order valence-electron chi connectivity index (χ1n) is 4.79. The maximum Gasteiger partial charge on any atom is 0.191 e. The van der Waals surface area contributed by atoms with Gasteiger partial charge in [0.25, 0.3) is 0 Å². The zero-order chi connectivity index (χ0) is 10.6. The smallest absolute Gasteiger partial charge is 0.191 e. The van der Waals surface area contributed by atoms with Gasteiger partial charge in [-0.25, -0.2) is 0 Å². The third kappa shape index (κ3) is 4.21. The number of aromatic nitrogens is 3. The molecule has 6 heteroatoms. The zero-order valence-corrected chi connectivity index (χ0v) is 11.6. The lowest BCUT2D eigenvalue weighted by molar-refractivity contribution is 0.484. The monoisotopic (exact) mass is 269 g/mol. The average molecular weight is 270 g/mol. The van der Waals surface area contributed by atoms with Crippen LogP contribution in [0, 0.1) is 5.92 Å². The normalized spacial score (nSPS) is 10.5. The first-order chi connectivity index (χ1) is 6.69. The predicted molar refractivity (Wildman–Crippen MR) is 68.1 cm³/mol. The van der Waals surface area contributed by atoms with E-state index in [1.54, 1.807) is 11.8 Å². The topological polar surface area (TPSA) is 30.7 Å². The van der Waals surface area contributed by atoms with Crippen LogP contribution in [0.4, 0.5) is 0 Å². The van der Waals surface area contributed by atoms with Gasteiger partial charge >= 0.3 is 0 Å². The highest BCUT2D eigenvalue weighted by Crippen LogP contribution is 2.18. The highest BCUT2D eigenvalue weighted by Gasteiger charge is 2.11. The average Bonchev–Trinajstić information content (AvgIpc) is 2.48. The molecule has 0 aliphatic heterocycles. The van der Waals surface area contributed by atoms with Crippen LogP contribution in [-0.4, -0.2) is 20.5 Å². The van der Waals surface area contributed by atoms with Crippen molar-refractivity contribution >= 4 is 35.8 Å². The van der Waals surface area contributed by atoms with E-state index in [1.165, 1.54) is 0 Å². The minimum absolute atomic E-state index is 0. The molecule has 0 aromatic carbocycles. The first-order valence-corrected chi connectivity index (χ1v) is 6.31. The summed E-state index contributed by atoms with van der Waals surface area (Å²) in [5, 5.41) is 9.17. The van der Waals surface area contributed by atoms with Crippen molar-refractivity contribution in [2.75, 3.05) is 5.75 Å². The Morgan fingerprint density at radius 3 is 2.53 bits per heavy atom. The molecule has 88 valence electrons. The Kier molecular flexibility index (Phi) is 7.40. The fourth-order valence-electron chi connectivity index (χ4n) is 1.20. The van der Waals surface area contributed by atoms with Gasteiger partial charge < -0.3 is 4.57 Å². The fourth-order valence-corrected chi connectivity index (χ4v) is 2.09. The van der Waals surface area contributed by atoms with Gasteiger partial charge in [-0.05, 0) is 11.7 Å². The van der Waals surface area contributed by atoms with Crippen molar-refractivity contribution in [3.63, 3.8) is 0 Å². The molecule has 3 nitrogen and oxygen atoms in total. The van der Waals surface area contributed by atoms with Crippen LogP contribution in [0.1, 0.15) is 26.6 Å². The number of nitrogens with zero attached hydrogens (tertiary/aromatic N) is 3. The van der Waals surface area contributed by atoms with Gasteiger partial charge in [0.2, 0.25) is 0 Å². The third-order valence-electron chi connectivity index (χ3n) is 1.73. The molecule has 0 bridgehead atoms. The number of alkyl halides is 1. The Bertz CT molecular complexity index is 289. The molecule has 0 saturated carbocycles. The summed E-state index contributed by atoms with van der Waals surface area (Å²) in [5.41, 5.74) is 0. The number of halogens is 2. The van der Waals surface area contributed by atoms with Gasteiger partial charge in [0, 0.05) is 6.54 Å². The molecule has 0 unspecified atom stereocenters. The molecule has 0 fully saturated rings. The Morgan fingerprint density at radius 1 is 1.40 bits per heavy atom. The number of hydrogen-bond donors (Lipinski definition) is 0. The van der Waals surface area contributed by atoms with Gasteiger partial charge in [-0.1, -0.05) is 32.5 Å². The molecular formula is C9H17Cl2N3S. The molecule has 0 atom stereocenters. The van der Waals surface area contributed by atoms with Crippen molar-refractivity contribution in [2.45, 2.75) is 38.4 Å². The van der Waals surface area contributed by atoms with Crippen molar-refractivity contribution in [1.29, 1.82) is 0 Å². The minimum Gasteiger partial charge on any atom is -0.305 e. The second kappa shape index (κ2) is 7.36. The molecule has 15 heavy (non-hydrogen) atoms. The Morgan fingerprint density at radius 2 is 2.07 bits per heavy atom. The minimum atomic E-state index is 0. The summed E-state index contributed by atoms with van der Waals surface area (Å²) in [6.07, 6.45) is 0. The molecule has 0 aliphatic rings. The first kappa shape index (κ1) is 15.1. The van der Waals surface area contributed by atoms with E-state index in [2.05, 4.69) is 35.5 Å². The largest absolute Gasteiger partial charge is 0.305 e. The summed E-state index contributed by atoms with van der Waals surface area (Å²) in [7, 11) is 0. The molecule has 1 aromatic heterocycles. The maximum atomic E-state index is 5.80. The van der Waals surface area contributed by atoms with Crippen LogP contribution in [0.15, 0.2) is 5.16 Å². The molecule has 0 saturated heterocycles. The summed E-state index contributed by atoms with van der Waals surface area (Å²) in [6.45, 7) is 7.41. The molecular weight excluding hydrogens is 253 g/mol. The summed E-state index contributed by atoms with van der Waals surface area (Å²) in [6, 6.07) is 0. The second-order valence-electron chi connectivity index (χ2n) is 3.47. The highest BCUT2D eigenvalue weighted by atomic mass is 35.5. The number of thioether (sulfide) groups is 1. The van der Waals surface area contributed by atoms with E-state index in [9.17, 15) is 0 Å². The lowest BCUT2D eigenvalue weighted by atomic mass is 10.2. The third-order valence-corrected chi connectivity index (χ3v) is 2.82. The van der Waals surface area contributed by atoms with Crippen LogP contribution < -0.4 is 0 Å². The van der Waals surface area contributed by atoms with Crippen molar-refractivity contribution in [3.05, 3.63) is 5.82 Å². The predicted octanol–water partition coefficient (Wildman–Crippen LogP) is 3.21. The van der Waals surface area contributed by atoms with Crippen molar-refractivity contribution in [2.24, 2.45) is 5.92 Å². The lowest BCUT2D eigenvalue weighted by Crippen LogP contribution is -2.09. The number of hydrogen-bond acceptors (Lipinski definition) is 3. The van der Waals surface area contributed by atoms with Crippen LogP contribution in [0.2, 0.25) is 0 Å². The second-order valence-corrected chi connectivity index (χ2v) is 4.97. The van der Waals surface area contributed by atoms with Crippen molar-refractivity contribution in [1.82, 2.24) is 14.8 Å². The Balaban J connectivity index is 0.00000196. The summed E-state index contributed by atoms with van der Waals surface area (Å²) >= 11 is 7.51. The molecule has 0 amide bonds. The van der Waals surface area contributed by atoms with E-state index in [0.717, 1.165) is 23.3 Å².